The lowest BCUT2D eigenvalue weighted by molar-refractivity contribution is 0.0450. The SMILES string of the molecule is CC(C)(C)OC(=O)NC1(CCCBr)CCCC1. The van der Waals surface area contributed by atoms with Crippen LogP contribution in [0.4, 0.5) is 4.79 Å². The second-order valence-electron chi connectivity index (χ2n) is 5.91. The molecule has 1 fully saturated rings. The molecule has 4 heteroatoms. The first kappa shape index (κ1) is 14.8. The summed E-state index contributed by atoms with van der Waals surface area (Å²) in [6.45, 7) is 5.69. The van der Waals surface area contributed by atoms with E-state index in [1.807, 2.05) is 20.8 Å². The van der Waals surface area contributed by atoms with Crippen LogP contribution in [0, 0.1) is 0 Å². The normalized spacial score (nSPS) is 19.1. The first-order chi connectivity index (χ1) is 7.87. The van der Waals surface area contributed by atoms with Gasteiger partial charge >= 0.3 is 6.09 Å². The highest BCUT2D eigenvalue weighted by Crippen LogP contribution is 2.34. The molecule has 0 radical (unpaired) electrons. The third-order valence-corrected chi connectivity index (χ3v) is 3.68. The number of hydrogen-bond acceptors (Lipinski definition) is 2. The van der Waals surface area contributed by atoms with Crippen LogP contribution in [0.5, 0.6) is 0 Å². The number of carbonyl (C=O) groups is 1. The van der Waals surface area contributed by atoms with Crippen LogP contribution in [0.25, 0.3) is 0 Å². The van der Waals surface area contributed by atoms with Gasteiger partial charge < -0.3 is 10.1 Å². The van der Waals surface area contributed by atoms with Gasteiger partial charge in [-0.1, -0.05) is 28.8 Å². The average Bonchev–Trinajstić information content (AvgIpc) is 2.60. The summed E-state index contributed by atoms with van der Waals surface area (Å²) in [6.07, 6.45) is 6.44. The summed E-state index contributed by atoms with van der Waals surface area (Å²) in [5, 5.41) is 4.09. The summed E-state index contributed by atoms with van der Waals surface area (Å²) >= 11 is 3.45. The lowest BCUT2D eigenvalue weighted by atomic mass is 9.92. The predicted octanol–water partition coefficient (Wildman–Crippen LogP) is 4.00. The predicted molar refractivity (Wildman–Crippen MR) is 73.6 cm³/mol. The first-order valence-electron chi connectivity index (χ1n) is 6.44. The van der Waals surface area contributed by atoms with Gasteiger partial charge in [0, 0.05) is 10.9 Å². The van der Waals surface area contributed by atoms with Crippen LogP contribution in [0.3, 0.4) is 0 Å². The Hall–Kier alpha value is -0.250. The molecule has 0 aromatic carbocycles. The maximum atomic E-state index is 11.8. The lowest BCUT2D eigenvalue weighted by Gasteiger charge is -2.31. The monoisotopic (exact) mass is 305 g/mol. The Morgan fingerprint density at radius 2 is 1.94 bits per heavy atom. The molecule has 0 aliphatic heterocycles. The summed E-state index contributed by atoms with van der Waals surface area (Å²) < 4.78 is 5.34. The van der Waals surface area contributed by atoms with Crippen LogP contribution >= 0.6 is 15.9 Å². The molecule has 0 spiro atoms. The van der Waals surface area contributed by atoms with E-state index in [0.717, 1.165) is 31.0 Å². The van der Waals surface area contributed by atoms with Crippen molar-refractivity contribution in [2.75, 3.05) is 5.33 Å². The summed E-state index contributed by atoms with van der Waals surface area (Å²) in [5.41, 5.74) is -0.435. The highest BCUT2D eigenvalue weighted by molar-refractivity contribution is 9.09. The van der Waals surface area contributed by atoms with Crippen LogP contribution in [0.2, 0.25) is 0 Å². The molecule has 1 aliphatic rings. The molecule has 0 saturated heterocycles. The van der Waals surface area contributed by atoms with Crippen molar-refractivity contribution in [1.29, 1.82) is 0 Å². The first-order valence-corrected chi connectivity index (χ1v) is 7.56. The van der Waals surface area contributed by atoms with E-state index in [0.29, 0.717) is 0 Å². The molecule has 0 aromatic heterocycles. The molecular weight excluding hydrogens is 282 g/mol. The number of nitrogens with one attached hydrogen (secondary N) is 1. The van der Waals surface area contributed by atoms with E-state index < -0.39 is 5.60 Å². The maximum absolute atomic E-state index is 11.8. The fraction of sp³-hybridized carbons (Fsp3) is 0.923. The van der Waals surface area contributed by atoms with Crippen LogP contribution in [0.15, 0.2) is 0 Å². The smallest absolute Gasteiger partial charge is 0.408 e. The van der Waals surface area contributed by atoms with E-state index in [-0.39, 0.29) is 11.6 Å². The summed E-state index contributed by atoms with van der Waals surface area (Å²) in [6, 6.07) is 0. The number of ether oxygens (including phenoxy) is 1. The molecule has 1 N–H and O–H groups in total. The fourth-order valence-corrected chi connectivity index (χ4v) is 2.69. The quantitative estimate of drug-likeness (QED) is 0.797. The molecule has 0 unspecified atom stereocenters. The summed E-state index contributed by atoms with van der Waals surface area (Å²) in [5.74, 6) is 0. The van der Waals surface area contributed by atoms with E-state index in [4.69, 9.17) is 4.74 Å². The number of alkyl carbamates (subject to hydrolysis) is 1. The Balaban J connectivity index is 2.52. The molecular formula is C13H24BrNO2. The van der Waals surface area contributed by atoms with Crippen molar-refractivity contribution in [3.8, 4) is 0 Å². The Kier molecular flexibility index (Phi) is 5.29. The Morgan fingerprint density at radius 1 is 1.35 bits per heavy atom. The Morgan fingerprint density at radius 3 is 2.41 bits per heavy atom. The molecule has 0 heterocycles. The zero-order chi connectivity index (χ0) is 12.9. The molecule has 1 aliphatic carbocycles. The topological polar surface area (TPSA) is 38.3 Å². The molecule has 1 saturated carbocycles. The van der Waals surface area contributed by atoms with E-state index in [2.05, 4.69) is 21.2 Å². The minimum absolute atomic E-state index is 0.0178. The molecule has 1 amide bonds. The van der Waals surface area contributed by atoms with Gasteiger partial charge in [-0.05, 0) is 46.5 Å². The minimum Gasteiger partial charge on any atom is -0.444 e. The highest BCUT2D eigenvalue weighted by atomic mass is 79.9. The van der Waals surface area contributed by atoms with Gasteiger partial charge in [0.1, 0.15) is 5.60 Å². The number of rotatable bonds is 4. The van der Waals surface area contributed by atoms with Crippen molar-refractivity contribution >= 4 is 22.0 Å². The van der Waals surface area contributed by atoms with Crippen LogP contribution in [-0.2, 0) is 4.74 Å². The summed E-state index contributed by atoms with van der Waals surface area (Å²) in [4.78, 5) is 11.8. The molecule has 0 atom stereocenters. The van der Waals surface area contributed by atoms with Gasteiger partial charge in [0.15, 0.2) is 0 Å². The third-order valence-electron chi connectivity index (χ3n) is 3.12. The molecule has 17 heavy (non-hydrogen) atoms. The van der Waals surface area contributed by atoms with Crippen LogP contribution in [0.1, 0.15) is 59.3 Å². The van der Waals surface area contributed by atoms with Crippen molar-refractivity contribution in [3.05, 3.63) is 0 Å². The number of halogens is 1. The second-order valence-corrected chi connectivity index (χ2v) is 6.70. The molecule has 1 rings (SSSR count). The molecule has 3 nitrogen and oxygen atoms in total. The van der Waals surface area contributed by atoms with E-state index in [1.165, 1.54) is 12.8 Å². The van der Waals surface area contributed by atoms with Gasteiger partial charge in [0.25, 0.3) is 0 Å². The van der Waals surface area contributed by atoms with E-state index in [1.54, 1.807) is 0 Å². The van der Waals surface area contributed by atoms with E-state index in [9.17, 15) is 4.79 Å². The van der Waals surface area contributed by atoms with Gasteiger partial charge in [-0.15, -0.1) is 0 Å². The van der Waals surface area contributed by atoms with Gasteiger partial charge in [-0.3, -0.25) is 0 Å². The van der Waals surface area contributed by atoms with Gasteiger partial charge in [-0.25, -0.2) is 4.79 Å². The number of hydrogen-bond donors (Lipinski definition) is 1. The van der Waals surface area contributed by atoms with Gasteiger partial charge in [0.2, 0.25) is 0 Å². The van der Waals surface area contributed by atoms with Gasteiger partial charge in [0.05, 0.1) is 0 Å². The molecule has 0 bridgehead atoms. The zero-order valence-electron chi connectivity index (χ0n) is 11.1. The zero-order valence-corrected chi connectivity index (χ0v) is 12.7. The highest BCUT2D eigenvalue weighted by Gasteiger charge is 2.35. The summed E-state index contributed by atoms with van der Waals surface area (Å²) in [7, 11) is 0. The second kappa shape index (κ2) is 6.07. The third kappa shape index (κ3) is 5.28. The number of alkyl halides is 1. The Labute approximate surface area is 113 Å². The lowest BCUT2D eigenvalue weighted by Crippen LogP contribution is -2.48. The molecule has 0 aromatic rings. The number of amides is 1. The fourth-order valence-electron chi connectivity index (χ4n) is 2.41. The van der Waals surface area contributed by atoms with Gasteiger partial charge in [-0.2, -0.15) is 0 Å². The van der Waals surface area contributed by atoms with Crippen molar-refractivity contribution < 1.29 is 9.53 Å². The van der Waals surface area contributed by atoms with Crippen LogP contribution in [-0.4, -0.2) is 22.6 Å². The Bertz CT molecular complexity index is 255. The van der Waals surface area contributed by atoms with Crippen molar-refractivity contribution in [3.63, 3.8) is 0 Å². The van der Waals surface area contributed by atoms with E-state index >= 15 is 0 Å². The van der Waals surface area contributed by atoms with Crippen molar-refractivity contribution in [1.82, 2.24) is 5.32 Å². The maximum Gasteiger partial charge on any atom is 0.408 e. The van der Waals surface area contributed by atoms with Crippen molar-refractivity contribution in [2.45, 2.75) is 70.4 Å². The van der Waals surface area contributed by atoms with Crippen molar-refractivity contribution in [2.24, 2.45) is 0 Å². The standard InChI is InChI=1S/C13H24BrNO2/c1-12(2,3)17-11(16)15-13(9-6-10-14)7-4-5-8-13/h4-10H2,1-3H3,(H,15,16). The van der Waals surface area contributed by atoms with Crippen LogP contribution < -0.4 is 5.32 Å². The largest absolute Gasteiger partial charge is 0.444 e. The molecule has 100 valence electrons. The minimum atomic E-state index is -0.417. The number of carbonyl (C=O) groups excluding carboxylic acids is 1. The average molecular weight is 306 g/mol.